The zero-order valence-corrected chi connectivity index (χ0v) is 13.9. The molecule has 1 saturated heterocycles. The van der Waals surface area contributed by atoms with Crippen LogP contribution >= 0.6 is 0 Å². The maximum atomic E-state index is 5.89. The second-order valence-electron chi connectivity index (χ2n) is 6.43. The summed E-state index contributed by atoms with van der Waals surface area (Å²) in [5.41, 5.74) is 1.32. The van der Waals surface area contributed by atoms with Crippen molar-refractivity contribution in [2.45, 2.75) is 53.2 Å². The van der Waals surface area contributed by atoms with Gasteiger partial charge in [-0.25, -0.2) is 0 Å². The second-order valence-corrected chi connectivity index (χ2v) is 6.43. The van der Waals surface area contributed by atoms with Crippen molar-refractivity contribution in [1.29, 1.82) is 0 Å². The van der Waals surface area contributed by atoms with Gasteiger partial charge in [0.15, 0.2) is 0 Å². The van der Waals surface area contributed by atoms with E-state index in [2.05, 4.69) is 44.0 Å². The van der Waals surface area contributed by atoms with Crippen molar-refractivity contribution in [3.05, 3.63) is 23.2 Å². The number of hydrogen-bond acceptors (Lipinski definition) is 4. The molecule has 4 nitrogen and oxygen atoms in total. The van der Waals surface area contributed by atoms with E-state index >= 15 is 0 Å². The lowest BCUT2D eigenvalue weighted by Crippen LogP contribution is -2.44. The summed E-state index contributed by atoms with van der Waals surface area (Å²) < 4.78 is 11.5. The summed E-state index contributed by atoms with van der Waals surface area (Å²) in [7, 11) is 0. The number of ether oxygens (including phenoxy) is 1. The summed E-state index contributed by atoms with van der Waals surface area (Å²) in [4.78, 5) is 2.52. The SMILES string of the molecule is CCC1COCCN1Cc1cc(CNCC(C)C)oc1C. The highest BCUT2D eigenvalue weighted by atomic mass is 16.5. The first kappa shape index (κ1) is 16.5. The first-order valence-corrected chi connectivity index (χ1v) is 8.20. The molecule has 4 heteroatoms. The van der Waals surface area contributed by atoms with Crippen LogP contribution in [0.4, 0.5) is 0 Å². The minimum Gasteiger partial charge on any atom is -0.465 e. The molecule has 0 saturated carbocycles. The molecule has 0 spiro atoms. The first-order chi connectivity index (χ1) is 10.1. The van der Waals surface area contributed by atoms with E-state index in [1.807, 2.05) is 0 Å². The monoisotopic (exact) mass is 294 g/mol. The molecule has 120 valence electrons. The number of hydrogen-bond donors (Lipinski definition) is 1. The summed E-state index contributed by atoms with van der Waals surface area (Å²) >= 11 is 0. The highest BCUT2D eigenvalue weighted by molar-refractivity contribution is 5.21. The summed E-state index contributed by atoms with van der Waals surface area (Å²) in [6.45, 7) is 14.3. The Morgan fingerprint density at radius 2 is 2.24 bits per heavy atom. The lowest BCUT2D eigenvalue weighted by Gasteiger charge is -2.34. The van der Waals surface area contributed by atoms with Gasteiger partial charge in [0, 0.05) is 24.7 Å². The Kier molecular flexibility index (Phi) is 6.27. The minimum absolute atomic E-state index is 0.538. The van der Waals surface area contributed by atoms with Crippen LogP contribution in [0.5, 0.6) is 0 Å². The van der Waals surface area contributed by atoms with Gasteiger partial charge in [0.05, 0.1) is 19.8 Å². The number of furan rings is 1. The molecule has 0 radical (unpaired) electrons. The molecule has 1 aliphatic heterocycles. The average Bonchev–Trinajstić information content (AvgIpc) is 2.79. The zero-order chi connectivity index (χ0) is 15.2. The quantitative estimate of drug-likeness (QED) is 0.839. The van der Waals surface area contributed by atoms with Crippen LogP contribution in [-0.4, -0.2) is 37.2 Å². The predicted octanol–water partition coefficient (Wildman–Crippen LogP) is 2.94. The van der Waals surface area contributed by atoms with E-state index in [4.69, 9.17) is 9.15 Å². The van der Waals surface area contributed by atoms with Gasteiger partial charge in [-0.2, -0.15) is 0 Å². The van der Waals surface area contributed by atoms with Crippen LogP contribution in [0.25, 0.3) is 0 Å². The maximum absolute atomic E-state index is 5.89. The van der Waals surface area contributed by atoms with E-state index in [9.17, 15) is 0 Å². The summed E-state index contributed by atoms with van der Waals surface area (Å²) in [6.07, 6.45) is 1.14. The van der Waals surface area contributed by atoms with E-state index < -0.39 is 0 Å². The molecule has 0 bridgehead atoms. The maximum Gasteiger partial charge on any atom is 0.118 e. The van der Waals surface area contributed by atoms with Crippen molar-refractivity contribution in [1.82, 2.24) is 10.2 Å². The van der Waals surface area contributed by atoms with Gasteiger partial charge < -0.3 is 14.5 Å². The van der Waals surface area contributed by atoms with Crippen molar-refractivity contribution in [2.24, 2.45) is 5.92 Å². The van der Waals surface area contributed by atoms with E-state index in [-0.39, 0.29) is 0 Å². The minimum atomic E-state index is 0.538. The molecule has 0 aromatic carbocycles. The molecule has 1 aromatic heterocycles. The molecule has 2 heterocycles. The second kappa shape index (κ2) is 7.97. The summed E-state index contributed by atoms with van der Waals surface area (Å²) in [5.74, 6) is 2.77. The Morgan fingerprint density at radius 1 is 1.43 bits per heavy atom. The molecule has 0 amide bonds. The normalized spacial score (nSPS) is 20.3. The smallest absolute Gasteiger partial charge is 0.118 e. The third-order valence-corrected chi connectivity index (χ3v) is 4.12. The van der Waals surface area contributed by atoms with Crippen LogP contribution in [-0.2, 0) is 17.8 Å². The zero-order valence-electron chi connectivity index (χ0n) is 13.9. The third-order valence-electron chi connectivity index (χ3n) is 4.12. The molecule has 1 atom stereocenters. The Labute approximate surface area is 128 Å². The lowest BCUT2D eigenvalue weighted by molar-refractivity contribution is -0.0129. The van der Waals surface area contributed by atoms with Gasteiger partial charge in [-0.15, -0.1) is 0 Å². The summed E-state index contributed by atoms with van der Waals surface area (Å²) in [6, 6.07) is 2.75. The van der Waals surface area contributed by atoms with Gasteiger partial charge in [-0.05, 0) is 31.9 Å². The van der Waals surface area contributed by atoms with E-state index in [0.29, 0.717) is 12.0 Å². The Bertz CT molecular complexity index is 428. The molecule has 1 N–H and O–H groups in total. The molecule has 1 aliphatic rings. The number of aryl methyl sites for hydroxylation is 1. The van der Waals surface area contributed by atoms with Crippen LogP contribution in [0.2, 0.25) is 0 Å². The van der Waals surface area contributed by atoms with E-state index in [1.165, 1.54) is 5.56 Å². The van der Waals surface area contributed by atoms with Gasteiger partial charge in [0.25, 0.3) is 0 Å². The van der Waals surface area contributed by atoms with Gasteiger partial charge in [-0.1, -0.05) is 20.8 Å². The van der Waals surface area contributed by atoms with Crippen LogP contribution in [0, 0.1) is 12.8 Å². The van der Waals surface area contributed by atoms with Crippen molar-refractivity contribution >= 4 is 0 Å². The van der Waals surface area contributed by atoms with Crippen LogP contribution < -0.4 is 5.32 Å². The van der Waals surface area contributed by atoms with E-state index in [0.717, 1.165) is 57.3 Å². The Morgan fingerprint density at radius 3 is 2.95 bits per heavy atom. The fraction of sp³-hybridized carbons (Fsp3) is 0.765. The fourth-order valence-corrected chi connectivity index (χ4v) is 2.81. The van der Waals surface area contributed by atoms with Gasteiger partial charge in [0.2, 0.25) is 0 Å². The fourth-order valence-electron chi connectivity index (χ4n) is 2.81. The Balaban J connectivity index is 1.92. The lowest BCUT2D eigenvalue weighted by atomic mass is 10.1. The van der Waals surface area contributed by atoms with E-state index in [1.54, 1.807) is 0 Å². The standard InChI is InChI=1S/C17H30N2O2/c1-5-16-12-20-7-6-19(16)11-15-8-17(21-14(15)4)10-18-9-13(2)3/h8,13,16,18H,5-7,9-12H2,1-4H3. The van der Waals surface area contributed by atoms with Gasteiger partial charge >= 0.3 is 0 Å². The number of morpholine rings is 1. The molecular formula is C17H30N2O2. The number of nitrogens with zero attached hydrogens (tertiary/aromatic N) is 1. The van der Waals surface area contributed by atoms with Crippen molar-refractivity contribution in [2.75, 3.05) is 26.3 Å². The molecule has 0 aliphatic carbocycles. The predicted molar refractivity (Wildman–Crippen MR) is 85.3 cm³/mol. The van der Waals surface area contributed by atoms with Crippen LogP contribution in [0.15, 0.2) is 10.5 Å². The molecule has 2 rings (SSSR count). The van der Waals surface area contributed by atoms with Crippen LogP contribution in [0.1, 0.15) is 44.3 Å². The molecule has 1 aromatic rings. The van der Waals surface area contributed by atoms with Crippen molar-refractivity contribution < 1.29 is 9.15 Å². The number of rotatable bonds is 7. The summed E-state index contributed by atoms with van der Waals surface area (Å²) in [5, 5.41) is 3.44. The molecule has 1 fully saturated rings. The third kappa shape index (κ3) is 4.83. The topological polar surface area (TPSA) is 37.6 Å². The van der Waals surface area contributed by atoms with Crippen molar-refractivity contribution in [3.8, 4) is 0 Å². The highest BCUT2D eigenvalue weighted by Crippen LogP contribution is 2.20. The van der Waals surface area contributed by atoms with Crippen LogP contribution in [0.3, 0.4) is 0 Å². The van der Waals surface area contributed by atoms with Crippen molar-refractivity contribution in [3.63, 3.8) is 0 Å². The number of nitrogens with one attached hydrogen (secondary N) is 1. The largest absolute Gasteiger partial charge is 0.465 e. The highest BCUT2D eigenvalue weighted by Gasteiger charge is 2.22. The van der Waals surface area contributed by atoms with Gasteiger partial charge in [-0.3, -0.25) is 4.90 Å². The molecule has 1 unspecified atom stereocenters. The molecular weight excluding hydrogens is 264 g/mol. The Hall–Kier alpha value is -0.840. The molecule has 21 heavy (non-hydrogen) atoms. The van der Waals surface area contributed by atoms with Gasteiger partial charge in [0.1, 0.15) is 11.5 Å². The average molecular weight is 294 g/mol. The first-order valence-electron chi connectivity index (χ1n) is 8.20.